The number of benzene rings is 1. The maximum Gasteiger partial charge on any atom is 0.227 e. The largest absolute Gasteiger partial charge is 0.324 e. The molecule has 3 nitrogen and oxygen atoms in total. The molecule has 0 aliphatic carbocycles. The lowest BCUT2D eigenvalue weighted by Crippen LogP contribution is -2.35. The van der Waals surface area contributed by atoms with Gasteiger partial charge in [-0.2, -0.15) is 0 Å². The first-order valence-electron chi connectivity index (χ1n) is 6.11. The van der Waals surface area contributed by atoms with Crippen molar-refractivity contribution in [3.63, 3.8) is 0 Å². The first-order chi connectivity index (χ1) is 8.97. The van der Waals surface area contributed by atoms with E-state index in [0.717, 1.165) is 25.9 Å². The molecule has 6 heteroatoms. The first kappa shape index (κ1) is 14.9. The van der Waals surface area contributed by atoms with E-state index in [1.165, 1.54) is 6.07 Å². The van der Waals surface area contributed by atoms with Gasteiger partial charge in [0.2, 0.25) is 5.91 Å². The number of piperidine rings is 1. The lowest BCUT2D eigenvalue weighted by molar-refractivity contribution is -0.121. The summed E-state index contributed by atoms with van der Waals surface area (Å²) in [5.41, 5.74) is 0.514. The van der Waals surface area contributed by atoms with Crippen molar-refractivity contribution >= 4 is 46.4 Å². The lowest BCUT2D eigenvalue weighted by Gasteiger charge is -2.28. The molecule has 104 valence electrons. The summed E-state index contributed by atoms with van der Waals surface area (Å²) in [4.78, 5) is 14.4. The van der Waals surface area contributed by atoms with Crippen LogP contribution in [0.15, 0.2) is 12.1 Å². The van der Waals surface area contributed by atoms with Crippen LogP contribution in [-0.4, -0.2) is 30.9 Å². The number of halogens is 3. The van der Waals surface area contributed by atoms with Gasteiger partial charge in [0.1, 0.15) is 0 Å². The van der Waals surface area contributed by atoms with Gasteiger partial charge >= 0.3 is 0 Å². The van der Waals surface area contributed by atoms with Crippen molar-refractivity contribution in [2.24, 2.45) is 5.92 Å². The predicted molar refractivity (Wildman–Crippen MR) is 80.3 cm³/mol. The number of carbonyl (C=O) groups excluding carboxylic acids is 1. The summed E-state index contributed by atoms with van der Waals surface area (Å²) in [7, 11) is 2.06. The topological polar surface area (TPSA) is 32.3 Å². The maximum absolute atomic E-state index is 12.2. The second-order valence-corrected chi connectivity index (χ2v) is 6.03. The van der Waals surface area contributed by atoms with E-state index in [4.69, 9.17) is 34.8 Å². The van der Waals surface area contributed by atoms with Gasteiger partial charge in [-0.15, -0.1) is 0 Å². The van der Waals surface area contributed by atoms with Gasteiger partial charge in [-0.3, -0.25) is 4.79 Å². The van der Waals surface area contributed by atoms with Gasteiger partial charge in [0.05, 0.1) is 20.8 Å². The molecule has 1 fully saturated rings. The molecule has 1 N–H and O–H groups in total. The van der Waals surface area contributed by atoms with Crippen LogP contribution in [0.2, 0.25) is 15.1 Å². The van der Waals surface area contributed by atoms with Crippen molar-refractivity contribution in [3.8, 4) is 0 Å². The monoisotopic (exact) mass is 320 g/mol. The van der Waals surface area contributed by atoms with Crippen LogP contribution < -0.4 is 5.32 Å². The number of hydrogen-bond acceptors (Lipinski definition) is 2. The minimum absolute atomic E-state index is 0.00612. The third-order valence-electron chi connectivity index (χ3n) is 3.36. The molecule has 0 saturated carbocycles. The Bertz CT molecular complexity index is 485. The Morgan fingerprint density at radius 2 is 1.74 bits per heavy atom. The van der Waals surface area contributed by atoms with Crippen LogP contribution in [0.25, 0.3) is 0 Å². The van der Waals surface area contributed by atoms with Crippen molar-refractivity contribution in [2.45, 2.75) is 12.8 Å². The predicted octanol–water partition coefficient (Wildman–Crippen LogP) is 3.93. The number of likely N-dealkylation sites (tertiary alicyclic amines) is 1. The fraction of sp³-hybridized carbons (Fsp3) is 0.462. The minimum atomic E-state index is -0.00612. The number of amides is 1. The van der Waals surface area contributed by atoms with Crippen LogP contribution in [0.4, 0.5) is 5.69 Å². The maximum atomic E-state index is 12.2. The highest BCUT2D eigenvalue weighted by atomic mass is 35.5. The molecule has 1 heterocycles. The Morgan fingerprint density at radius 3 is 2.37 bits per heavy atom. The highest BCUT2D eigenvalue weighted by molar-refractivity contribution is 6.44. The Labute approximate surface area is 127 Å². The third-order valence-corrected chi connectivity index (χ3v) is 4.39. The van der Waals surface area contributed by atoms with Gasteiger partial charge in [-0.1, -0.05) is 34.8 Å². The van der Waals surface area contributed by atoms with Crippen molar-refractivity contribution in [1.82, 2.24) is 4.90 Å². The lowest BCUT2D eigenvalue weighted by atomic mass is 9.96. The highest BCUT2D eigenvalue weighted by Gasteiger charge is 2.24. The molecular formula is C13H15Cl3N2O. The summed E-state index contributed by atoms with van der Waals surface area (Å²) in [5.74, 6) is 0.0232. The standard InChI is InChI=1S/C13H15Cl3N2O/c1-18-4-2-8(3-5-18)13(19)17-12-7-10(15)9(14)6-11(12)16/h6-8H,2-5H2,1H3,(H,17,19). The van der Waals surface area contributed by atoms with E-state index in [1.54, 1.807) is 6.07 Å². The molecule has 1 amide bonds. The van der Waals surface area contributed by atoms with Crippen molar-refractivity contribution in [2.75, 3.05) is 25.5 Å². The van der Waals surface area contributed by atoms with E-state index in [1.807, 2.05) is 0 Å². The molecule has 1 aromatic rings. The summed E-state index contributed by atoms with van der Waals surface area (Å²) in [6.45, 7) is 1.88. The molecule has 0 unspecified atom stereocenters. The van der Waals surface area contributed by atoms with Crippen molar-refractivity contribution < 1.29 is 4.79 Å². The van der Waals surface area contributed by atoms with Gasteiger partial charge in [0.25, 0.3) is 0 Å². The van der Waals surface area contributed by atoms with Crippen LogP contribution in [0.5, 0.6) is 0 Å². The number of carbonyl (C=O) groups is 1. The zero-order valence-electron chi connectivity index (χ0n) is 10.5. The van der Waals surface area contributed by atoms with Gasteiger partial charge in [-0.05, 0) is 45.1 Å². The van der Waals surface area contributed by atoms with Crippen LogP contribution >= 0.6 is 34.8 Å². The summed E-state index contributed by atoms with van der Waals surface area (Å²) in [5, 5.41) is 3.99. The Morgan fingerprint density at radius 1 is 1.16 bits per heavy atom. The van der Waals surface area contributed by atoms with Crippen LogP contribution in [-0.2, 0) is 4.79 Å². The van der Waals surface area contributed by atoms with Gasteiger partial charge in [-0.25, -0.2) is 0 Å². The van der Waals surface area contributed by atoms with Gasteiger partial charge in [0.15, 0.2) is 0 Å². The SMILES string of the molecule is CN1CCC(C(=O)Nc2cc(Cl)c(Cl)cc2Cl)CC1. The van der Waals surface area contributed by atoms with Crippen molar-refractivity contribution in [1.29, 1.82) is 0 Å². The molecule has 0 bridgehead atoms. The zero-order chi connectivity index (χ0) is 14.0. The number of rotatable bonds is 2. The number of nitrogens with one attached hydrogen (secondary N) is 1. The Hall–Kier alpha value is -0.480. The summed E-state index contributed by atoms with van der Waals surface area (Å²) in [6.07, 6.45) is 1.72. The van der Waals surface area contributed by atoms with E-state index < -0.39 is 0 Å². The smallest absolute Gasteiger partial charge is 0.227 e. The summed E-state index contributed by atoms with van der Waals surface area (Å²) >= 11 is 17.8. The average Bonchev–Trinajstić information content (AvgIpc) is 2.36. The molecule has 0 aromatic heterocycles. The van der Waals surface area contributed by atoms with E-state index in [2.05, 4.69) is 17.3 Å². The summed E-state index contributed by atoms with van der Waals surface area (Å²) in [6, 6.07) is 3.12. The van der Waals surface area contributed by atoms with Crippen LogP contribution in [0, 0.1) is 5.92 Å². The zero-order valence-corrected chi connectivity index (χ0v) is 12.8. The fourth-order valence-corrected chi connectivity index (χ4v) is 2.72. The molecule has 1 aliphatic rings. The number of nitrogens with zero attached hydrogens (tertiary/aromatic N) is 1. The number of anilines is 1. The van der Waals surface area contributed by atoms with E-state index >= 15 is 0 Å². The summed E-state index contributed by atoms with van der Waals surface area (Å²) < 4.78 is 0. The quantitative estimate of drug-likeness (QED) is 0.837. The second-order valence-electron chi connectivity index (χ2n) is 4.81. The fourth-order valence-electron chi connectivity index (χ4n) is 2.12. The Kier molecular flexibility index (Phi) is 4.96. The average molecular weight is 322 g/mol. The minimum Gasteiger partial charge on any atom is -0.324 e. The van der Waals surface area contributed by atoms with E-state index in [0.29, 0.717) is 20.8 Å². The molecule has 0 atom stereocenters. The second kappa shape index (κ2) is 6.31. The Balaban J connectivity index is 2.05. The molecule has 1 aliphatic heterocycles. The first-order valence-corrected chi connectivity index (χ1v) is 7.24. The molecule has 1 aromatic carbocycles. The van der Waals surface area contributed by atoms with Crippen LogP contribution in [0.3, 0.4) is 0 Å². The molecular weight excluding hydrogens is 307 g/mol. The molecule has 1 saturated heterocycles. The van der Waals surface area contributed by atoms with Crippen LogP contribution in [0.1, 0.15) is 12.8 Å². The third kappa shape index (κ3) is 3.76. The highest BCUT2D eigenvalue weighted by Crippen LogP contribution is 2.32. The van der Waals surface area contributed by atoms with Gasteiger partial charge < -0.3 is 10.2 Å². The number of hydrogen-bond donors (Lipinski definition) is 1. The molecule has 0 spiro atoms. The normalized spacial score (nSPS) is 17.5. The molecule has 0 radical (unpaired) electrons. The van der Waals surface area contributed by atoms with E-state index in [9.17, 15) is 4.79 Å². The van der Waals surface area contributed by atoms with Crippen molar-refractivity contribution in [3.05, 3.63) is 27.2 Å². The molecule has 19 heavy (non-hydrogen) atoms. The van der Waals surface area contributed by atoms with Gasteiger partial charge in [0, 0.05) is 5.92 Å². The molecule has 2 rings (SSSR count). The van der Waals surface area contributed by atoms with E-state index in [-0.39, 0.29) is 11.8 Å².